The van der Waals surface area contributed by atoms with Gasteiger partial charge in [-0.25, -0.2) is 13.1 Å². The summed E-state index contributed by atoms with van der Waals surface area (Å²) in [5, 5.41) is 6.55. The van der Waals surface area contributed by atoms with Crippen LogP contribution in [0.3, 0.4) is 0 Å². The molecule has 1 aromatic rings. The Morgan fingerprint density at radius 3 is 2.23 bits per heavy atom. The number of sulfonamides is 1. The first-order valence-electron chi connectivity index (χ1n) is 8.66. The van der Waals surface area contributed by atoms with Gasteiger partial charge in [-0.2, -0.15) is 0 Å². The summed E-state index contributed by atoms with van der Waals surface area (Å²) >= 11 is 0. The molecule has 3 N–H and O–H groups in total. The Morgan fingerprint density at radius 1 is 1.12 bits per heavy atom. The van der Waals surface area contributed by atoms with Crippen molar-refractivity contribution in [3.8, 4) is 0 Å². The number of nitrogens with one attached hydrogen (secondary N) is 3. The lowest BCUT2D eigenvalue weighted by Crippen LogP contribution is -2.44. The predicted octanol–water partition coefficient (Wildman–Crippen LogP) is 2.25. The molecule has 0 amide bonds. The Labute approximate surface area is 175 Å². The molecule has 6 nitrogen and oxygen atoms in total. The summed E-state index contributed by atoms with van der Waals surface area (Å²) in [4.78, 5) is 4.21. The van der Waals surface area contributed by atoms with E-state index in [1.165, 1.54) is 11.1 Å². The highest BCUT2D eigenvalue weighted by molar-refractivity contribution is 14.0. The predicted molar refractivity (Wildman–Crippen MR) is 121 cm³/mol. The van der Waals surface area contributed by atoms with Crippen molar-refractivity contribution in [1.82, 2.24) is 15.4 Å². The van der Waals surface area contributed by atoms with Gasteiger partial charge in [0.15, 0.2) is 5.96 Å². The SMILES string of the molecule is CCc1ccc(C(C)(C)CNC(=NC)NCCCNS(C)(=O)=O)cc1.I. The number of rotatable bonds is 9. The second kappa shape index (κ2) is 11.8. The van der Waals surface area contributed by atoms with Crippen molar-refractivity contribution in [2.75, 3.05) is 32.9 Å². The lowest BCUT2D eigenvalue weighted by atomic mass is 9.84. The van der Waals surface area contributed by atoms with Gasteiger partial charge in [0.2, 0.25) is 10.0 Å². The molecule has 0 spiro atoms. The van der Waals surface area contributed by atoms with E-state index in [9.17, 15) is 8.42 Å². The third-order valence-electron chi connectivity index (χ3n) is 4.08. The largest absolute Gasteiger partial charge is 0.356 e. The van der Waals surface area contributed by atoms with Crippen LogP contribution in [-0.4, -0.2) is 47.3 Å². The van der Waals surface area contributed by atoms with Gasteiger partial charge in [0.05, 0.1) is 6.26 Å². The minimum Gasteiger partial charge on any atom is -0.356 e. The van der Waals surface area contributed by atoms with Crippen molar-refractivity contribution in [1.29, 1.82) is 0 Å². The normalized spacial score (nSPS) is 12.4. The number of hydrogen-bond donors (Lipinski definition) is 3. The molecule has 0 unspecified atom stereocenters. The quantitative estimate of drug-likeness (QED) is 0.212. The fourth-order valence-electron chi connectivity index (χ4n) is 2.37. The molecular weight excluding hydrogens is 463 g/mol. The highest BCUT2D eigenvalue weighted by Crippen LogP contribution is 2.22. The summed E-state index contributed by atoms with van der Waals surface area (Å²) in [5.74, 6) is 0.720. The molecule has 0 aromatic heterocycles. The molecule has 0 saturated carbocycles. The standard InChI is InChI=1S/C18H32N4O2S.HI/c1-6-15-8-10-16(11-9-15)18(2,3)14-21-17(19-4)20-12-7-13-22-25(5,23)24;/h8-11,22H,6-7,12-14H2,1-5H3,(H2,19,20,21);1H. The molecule has 1 aromatic carbocycles. The van der Waals surface area contributed by atoms with Crippen LogP contribution in [-0.2, 0) is 21.9 Å². The monoisotopic (exact) mass is 496 g/mol. The minimum atomic E-state index is -3.12. The van der Waals surface area contributed by atoms with Gasteiger partial charge >= 0.3 is 0 Å². The number of nitrogens with zero attached hydrogens (tertiary/aromatic N) is 1. The van der Waals surface area contributed by atoms with Gasteiger partial charge in [-0.1, -0.05) is 45.0 Å². The topological polar surface area (TPSA) is 82.6 Å². The van der Waals surface area contributed by atoms with Gasteiger partial charge in [-0.3, -0.25) is 4.99 Å². The summed E-state index contributed by atoms with van der Waals surface area (Å²) in [6.07, 6.45) is 2.90. The van der Waals surface area contributed by atoms with Crippen LogP contribution in [0.1, 0.15) is 38.3 Å². The molecule has 0 radical (unpaired) electrons. The second-order valence-electron chi connectivity index (χ2n) is 6.81. The first kappa shape index (κ1) is 25.1. The van der Waals surface area contributed by atoms with Crippen molar-refractivity contribution >= 4 is 40.0 Å². The van der Waals surface area contributed by atoms with E-state index in [-0.39, 0.29) is 29.4 Å². The van der Waals surface area contributed by atoms with E-state index in [2.05, 4.69) is 65.4 Å². The Balaban J connectivity index is 0.00000625. The van der Waals surface area contributed by atoms with Crippen LogP contribution in [0.15, 0.2) is 29.3 Å². The maximum atomic E-state index is 11.0. The first-order valence-corrected chi connectivity index (χ1v) is 10.6. The van der Waals surface area contributed by atoms with Crippen LogP contribution in [0.2, 0.25) is 0 Å². The Bertz CT molecular complexity index is 658. The molecule has 0 bridgehead atoms. The van der Waals surface area contributed by atoms with Crippen molar-refractivity contribution < 1.29 is 8.42 Å². The van der Waals surface area contributed by atoms with Crippen molar-refractivity contribution in [2.45, 2.75) is 39.0 Å². The zero-order valence-corrected chi connectivity index (χ0v) is 19.6. The lowest BCUT2D eigenvalue weighted by Gasteiger charge is -2.27. The van der Waals surface area contributed by atoms with Crippen LogP contribution in [0, 0.1) is 0 Å². The Morgan fingerprint density at radius 2 is 1.73 bits per heavy atom. The molecule has 0 heterocycles. The van der Waals surface area contributed by atoms with Crippen LogP contribution >= 0.6 is 24.0 Å². The van der Waals surface area contributed by atoms with Crippen LogP contribution in [0.4, 0.5) is 0 Å². The smallest absolute Gasteiger partial charge is 0.208 e. The number of aliphatic imine (C=N–C) groups is 1. The summed E-state index contributed by atoms with van der Waals surface area (Å²) in [7, 11) is -1.39. The average Bonchev–Trinajstić information content (AvgIpc) is 2.56. The number of guanidine groups is 1. The molecule has 26 heavy (non-hydrogen) atoms. The molecule has 0 atom stereocenters. The van der Waals surface area contributed by atoms with E-state index >= 15 is 0 Å². The van der Waals surface area contributed by atoms with E-state index < -0.39 is 10.0 Å². The van der Waals surface area contributed by atoms with Crippen molar-refractivity contribution in [3.05, 3.63) is 35.4 Å². The van der Waals surface area contributed by atoms with E-state index in [4.69, 9.17) is 0 Å². The van der Waals surface area contributed by atoms with Crippen molar-refractivity contribution in [2.24, 2.45) is 4.99 Å². The van der Waals surface area contributed by atoms with Gasteiger partial charge in [-0.15, -0.1) is 24.0 Å². The molecule has 8 heteroatoms. The zero-order chi connectivity index (χ0) is 18.9. The van der Waals surface area contributed by atoms with Gasteiger partial charge in [-0.05, 0) is 24.0 Å². The molecule has 1 rings (SSSR count). The highest BCUT2D eigenvalue weighted by Gasteiger charge is 2.20. The molecule has 0 fully saturated rings. The maximum Gasteiger partial charge on any atom is 0.208 e. The fourth-order valence-corrected chi connectivity index (χ4v) is 2.89. The van der Waals surface area contributed by atoms with E-state index in [0.717, 1.165) is 25.2 Å². The number of aryl methyl sites for hydroxylation is 1. The first-order chi connectivity index (χ1) is 11.7. The fraction of sp³-hybridized carbons (Fsp3) is 0.611. The molecule has 0 aliphatic heterocycles. The third kappa shape index (κ3) is 9.72. The van der Waals surface area contributed by atoms with Gasteiger partial charge in [0.1, 0.15) is 0 Å². The van der Waals surface area contributed by atoms with E-state index in [1.807, 2.05) is 0 Å². The summed E-state index contributed by atoms with van der Waals surface area (Å²) < 4.78 is 24.5. The summed E-state index contributed by atoms with van der Waals surface area (Å²) in [6, 6.07) is 8.74. The van der Waals surface area contributed by atoms with Gasteiger partial charge < -0.3 is 10.6 Å². The van der Waals surface area contributed by atoms with E-state index in [1.54, 1.807) is 7.05 Å². The number of benzene rings is 1. The van der Waals surface area contributed by atoms with Gasteiger partial charge in [0, 0.05) is 32.1 Å². The van der Waals surface area contributed by atoms with Crippen LogP contribution < -0.4 is 15.4 Å². The third-order valence-corrected chi connectivity index (χ3v) is 4.80. The summed E-state index contributed by atoms with van der Waals surface area (Å²) in [5.41, 5.74) is 2.60. The van der Waals surface area contributed by atoms with Crippen LogP contribution in [0.25, 0.3) is 0 Å². The molecule has 0 aliphatic carbocycles. The lowest BCUT2D eigenvalue weighted by molar-refractivity contribution is 0.508. The second-order valence-corrected chi connectivity index (χ2v) is 8.64. The molecule has 0 saturated heterocycles. The molecule has 150 valence electrons. The van der Waals surface area contributed by atoms with Crippen LogP contribution in [0.5, 0.6) is 0 Å². The zero-order valence-electron chi connectivity index (χ0n) is 16.4. The molecular formula is C18H33IN4O2S. The average molecular weight is 496 g/mol. The summed E-state index contributed by atoms with van der Waals surface area (Å²) in [6.45, 7) is 8.36. The maximum absolute atomic E-state index is 11.0. The Kier molecular flexibility index (Phi) is 11.4. The Hall–Kier alpha value is -0.870. The number of hydrogen-bond acceptors (Lipinski definition) is 3. The molecule has 0 aliphatic rings. The highest BCUT2D eigenvalue weighted by atomic mass is 127. The van der Waals surface area contributed by atoms with Gasteiger partial charge in [0.25, 0.3) is 0 Å². The van der Waals surface area contributed by atoms with E-state index in [0.29, 0.717) is 19.5 Å². The number of halogens is 1. The van der Waals surface area contributed by atoms with Crippen molar-refractivity contribution in [3.63, 3.8) is 0 Å². The minimum absolute atomic E-state index is 0.